The fourth-order valence-corrected chi connectivity index (χ4v) is 2.07. The molecule has 1 aliphatic carbocycles. The average molecular weight is 169 g/mol. The van der Waals surface area contributed by atoms with Crippen LogP contribution in [0.4, 0.5) is 0 Å². The average Bonchev–Trinajstić information content (AvgIpc) is 1.84. The van der Waals surface area contributed by atoms with Crippen LogP contribution in [0.15, 0.2) is 18.2 Å². The van der Waals surface area contributed by atoms with E-state index >= 15 is 0 Å². The van der Waals surface area contributed by atoms with Gasteiger partial charge in [-0.1, -0.05) is 23.7 Å². The Balaban J connectivity index is 2.60. The molecule has 1 atom stereocenters. The summed E-state index contributed by atoms with van der Waals surface area (Å²) in [5.74, 6) is 0. The van der Waals surface area contributed by atoms with Crippen LogP contribution in [0.1, 0.15) is 18.1 Å². The van der Waals surface area contributed by atoms with Gasteiger partial charge >= 0.3 is 0 Å². The standard InChI is InChI=1S/C9H9ClO/c1-9(11)5-6-3-2-4-7(10)8(6)9/h2-4,11H,5H2,1H3/t9-/m0/s1. The van der Waals surface area contributed by atoms with E-state index in [1.807, 2.05) is 18.2 Å². The highest BCUT2D eigenvalue weighted by molar-refractivity contribution is 6.31. The maximum atomic E-state index is 9.66. The summed E-state index contributed by atoms with van der Waals surface area (Å²) in [6, 6.07) is 5.73. The normalized spacial score (nSPS) is 27.5. The second kappa shape index (κ2) is 1.99. The third-order valence-electron chi connectivity index (χ3n) is 2.17. The highest BCUT2D eigenvalue weighted by Gasteiger charge is 2.37. The minimum Gasteiger partial charge on any atom is -0.385 e. The van der Waals surface area contributed by atoms with Crippen LogP contribution >= 0.6 is 11.6 Å². The largest absolute Gasteiger partial charge is 0.385 e. The number of rotatable bonds is 0. The molecule has 0 amide bonds. The molecule has 11 heavy (non-hydrogen) atoms. The van der Waals surface area contributed by atoms with Crippen LogP contribution in [0.2, 0.25) is 5.02 Å². The summed E-state index contributed by atoms with van der Waals surface area (Å²) >= 11 is 5.89. The van der Waals surface area contributed by atoms with Crippen LogP contribution < -0.4 is 0 Å². The van der Waals surface area contributed by atoms with E-state index in [0.29, 0.717) is 5.02 Å². The van der Waals surface area contributed by atoms with Crippen LogP contribution in [0.5, 0.6) is 0 Å². The Hall–Kier alpha value is -0.530. The number of halogens is 1. The van der Waals surface area contributed by atoms with Crippen molar-refractivity contribution in [2.45, 2.75) is 18.9 Å². The molecule has 58 valence electrons. The van der Waals surface area contributed by atoms with Crippen LogP contribution in [0, 0.1) is 0 Å². The molecule has 2 heteroatoms. The van der Waals surface area contributed by atoms with Crippen LogP contribution in [-0.4, -0.2) is 5.11 Å². The van der Waals surface area contributed by atoms with E-state index in [1.165, 1.54) is 5.56 Å². The van der Waals surface area contributed by atoms with Gasteiger partial charge in [0.15, 0.2) is 0 Å². The number of benzene rings is 1. The molecule has 0 fully saturated rings. The smallest absolute Gasteiger partial charge is 0.0925 e. The first-order valence-electron chi connectivity index (χ1n) is 3.61. The van der Waals surface area contributed by atoms with Gasteiger partial charge in [-0.15, -0.1) is 0 Å². The van der Waals surface area contributed by atoms with Crippen molar-refractivity contribution in [3.63, 3.8) is 0 Å². The molecule has 1 nitrogen and oxygen atoms in total. The van der Waals surface area contributed by atoms with Gasteiger partial charge < -0.3 is 5.11 Å². The lowest BCUT2D eigenvalue weighted by molar-refractivity contribution is 0.0330. The molecule has 0 unspecified atom stereocenters. The van der Waals surface area contributed by atoms with Gasteiger partial charge in [0.2, 0.25) is 0 Å². The molecular formula is C9H9ClO. The van der Waals surface area contributed by atoms with Gasteiger partial charge in [-0.05, 0) is 18.6 Å². The quantitative estimate of drug-likeness (QED) is 0.629. The van der Waals surface area contributed by atoms with Crippen molar-refractivity contribution in [1.82, 2.24) is 0 Å². The highest BCUT2D eigenvalue weighted by atomic mass is 35.5. The minimum atomic E-state index is -0.687. The minimum absolute atomic E-state index is 0.679. The van der Waals surface area contributed by atoms with Crippen LogP contribution in [-0.2, 0) is 12.0 Å². The number of hydrogen-bond acceptors (Lipinski definition) is 1. The number of fused-ring (bicyclic) bond motifs is 1. The van der Waals surface area contributed by atoms with E-state index < -0.39 is 5.60 Å². The second-order valence-electron chi connectivity index (χ2n) is 3.22. The molecule has 1 N–H and O–H groups in total. The molecule has 0 radical (unpaired) electrons. The topological polar surface area (TPSA) is 20.2 Å². The number of hydrogen-bond donors (Lipinski definition) is 1. The summed E-state index contributed by atoms with van der Waals surface area (Å²) < 4.78 is 0. The van der Waals surface area contributed by atoms with E-state index in [4.69, 9.17) is 11.6 Å². The molecule has 2 rings (SSSR count). The lowest BCUT2D eigenvalue weighted by Crippen LogP contribution is -2.35. The zero-order valence-electron chi connectivity index (χ0n) is 6.26. The third kappa shape index (κ3) is 0.883. The zero-order chi connectivity index (χ0) is 8.06. The Morgan fingerprint density at radius 3 is 2.73 bits per heavy atom. The van der Waals surface area contributed by atoms with Crippen molar-refractivity contribution in [1.29, 1.82) is 0 Å². The molecule has 0 heterocycles. The van der Waals surface area contributed by atoms with E-state index in [-0.39, 0.29) is 0 Å². The molecule has 0 aromatic heterocycles. The van der Waals surface area contributed by atoms with Crippen molar-refractivity contribution in [2.24, 2.45) is 0 Å². The maximum absolute atomic E-state index is 9.66. The lowest BCUT2D eigenvalue weighted by atomic mass is 9.75. The van der Waals surface area contributed by atoms with Gasteiger partial charge in [-0.3, -0.25) is 0 Å². The Labute approximate surface area is 70.6 Å². The first kappa shape index (κ1) is 7.14. The third-order valence-corrected chi connectivity index (χ3v) is 2.49. The Morgan fingerprint density at radius 1 is 1.55 bits per heavy atom. The summed E-state index contributed by atoms with van der Waals surface area (Å²) in [5.41, 5.74) is 1.39. The van der Waals surface area contributed by atoms with Gasteiger partial charge in [0.1, 0.15) is 0 Å². The van der Waals surface area contributed by atoms with Gasteiger partial charge in [-0.25, -0.2) is 0 Å². The SMILES string of the molecule is C[C@]1(O)Cc2cccc(Cl)c21. The highest BCUT2D eigenvalue weighted by Crippen LogP contribution is 2.42. The van der Waals surface area contributed by atoms with Gasteiger partial charge in [-0.2, -0.15) is 0 Å². The van der Waals surface area contributed by atoms with Gasteiger partial charge in [0, 0.05) is 17.0 Å². The van der Waals surface area contributed by atoms with Crippen molar-refractivity contribution in [3.8, 4) is 0 Å². The predicted molar refractivity (Wildman–Crippen MR) is 44.7 cm³/mol. The van der Waals surface area contributed by atoms with Crippen LogP contribution in [0.3, 0.4) is 0 Å². The summed E-state index contributed by atoms with van der Waals surface area (Å²) in [4.78, 5) is 0. The molecule has 0 bridgehead atoms. The van der Waals surface area contributed by atoms with E-state index in [9.17, 15) is 5.11 Å². The van der Waals surface area contributed by atoms with Crippen molar-refractivity contribution < 1.29 is 5.11 Å². The Morgan fingerprint density at radius 2 is 2.27 bits per heavy atom. The molecule has 1 aromatic carbocycles. The predicted octanol–water partition coefficient (Wildman–Crippen LogP) is 2.10. The maximum Gasteiger partial charge on any atom is 0.0925 e. The molecule has 1 aromatic rings. The summed E-state index contributed by atoms with van der Waals surface area (Å²) in [6.07, 6.45) is 0.725. The van der Waals surface area contributed by atoms with Crippen molar-refractivity contribution in [3.05, 3.63) is 34.3 Å². The Bertz CT molecular complexity index is 290. The monoisotopic (exact) mass is 168 g/mol. The van der Waals surface area contributed by atoms with Crippen molar-refractivity contribution >= 4 is 11.6 Å². The zero-order valence-corrected chi connectivity index (χ0v) is 7.02. The molecule has 0 spiro atoms. The van der Waals surface area contributed by atoms with E-state index in [1.54, 1.807) is 6.92 Å². The molecule has 0 aliphatic heterocycles. The number of aliphatic hydroxyl groups is 1. The lowest BCUT2D eigenvalue weighted by Gasteiger charge is -2.36. The fraction of sp³-hybridized carbons (Fsp3) is 0.333. The molecule has 1 aliphatic rings. The van der Waals surface area contributed by atoms with Gasteiger partial charge in [0.05, 0.1) is 5.60 Å². The summed E-state index contributed by atoms with van der Waals surface area (Å²) in [6.45, 7) is 1.79. The van der Waals surface area contributed by atoms with E-state index in [0.717, 1.165) is 12.0 Å². The summed E-state index contributed by atoms with van der Waals surface area (Å²) in [5, 5.41) is 10.3. The molecular weight excluding hydrogens is 160 g/mol. The Kier molecular flexibility index (Phi) is 1.29. The van der Waals surface area contributed by atoms with Crippen molar-refractivity contribution in [2.75, 3.05) is 0 Å². The summed E-state index contributed by atoms with van der Waals surface area (Å²) in [7, 11) is 0. The molecule has 0 saturated carbocycles. The first-order chi connectivity index (χ1) is 5.11. The van der Waals surface area contributed by atoms with Gasteiger partial charge in [0.25, 0.3) is 0 Å². The fourth-order valence-electron chi connectivity index (χ4n) is 1.67. The second-order valence-corrected chi connectivity index (χ2v) is 3.63. The molecule has 0 saturated heterocycles. The first-order valence-corrected chi connectivity index (χ1v) is 3.99. The van der Waals surface area contributed by atoms with Crippen LogP contribution in [0.25, 0.3) is 0 Å². The van der Waals surface area contributed by atoms with E-state index in [2.05, 4.69) is 0 Å².